The predicted molar refractivity (Wildman–Crippen MR) is 63.3 cm³/mol. The van der Waals surface area contributed by atoms with Crippen molar-refractivity contribution in [1.29, 1.82) is 0 Å². The highest BCUT2D eigenvalue weighted by molar-refractivity contribution is 5.76. The van der Waals surface area contributed by atoms with Gasteiger partial charge in [-0.25, -0.2) is 0 Å². The summed E-state index contributed by atoms with van der Waals surface area (Å²) in [4.78, 5) is 11.4. The van der Waals surface area contributed by atoms with Crippen molar-refractivity contribution in [1.82, 2.24) is 0 Å². The number of hydrogen-bond acceptors (Lipinski definition) is 1. The maximum atomic E-state index is 11.4. The van der Waals surface area contributed by atoms with Crippen molar-refractivity contribution in [3.63, 3.8) is 0 Å². The minimum Gasteiger partial charge on any atom is -0.481 e. The van der Waals surface area contributed by atoms with Gasteiger partial charge in [0, 0.05) is 0 Å². The van der Waals surface area contributed by atoms with Gasteiger partial charge in [-0.2, -0.15) is 0 Å². The number of aliphatic carboxylic acids is 1. The van der Waals surface area contributed by atoms with E-state index in [1.807, 2.05) is 30.3 Å². The van der Waals surface area contributed by atoms with Gasteiger partial charge < -0.3 is 5.11 Å². The molecule has 84 valence electrons. The third-order valence-electron chi connectivity index (χ3n) is 3.14. The number of carboxylic acid groups (broad SMARTS) is 1. The smallest absolute Gasteiger partial charge is 0.311 e. The molecule has 16 heavy (non-hydrogen) atoms. The quantitative estimate of drug-likeness (QED) is 0.788. The molecule has 2 heteroatoms. The summed E-state index contributed by atoms with van der Waals surface area (Å²) in [7, 11) is 0. The summed E-state index contributed by atoms with van der Waals surface area (Å²) >= 11 is 0. The normalized spacial score (nSPS) is 21.6. The van der Waals surface area contributed by atoms with Gasteiger partial charge in [0.2, 0.25) is 0 Å². The van der Waals surface area contributed by atoms with Crippen LogP contribution in [0.2, 0.25) is 0 Å². The van der Waals surface area contributed by atoms with Crippen LogP contribution in [-0.2, 0) is 4.79 Å². The molecule has 1 aliphatic carbocycles. The molecule has 0 saturated carbocycles. The van der Waals surface area contributed by atoms with E-state index in [0.717, 1.165) is 24.8 Å². The van der Waals surface area contributed by atoms with Crippen LogP contribution in [0.1, 0.15) is 30.7 Å². The van der Waals surface area contributed by atoms with Crippen LogP contribution in [0.15, 0.2) is 42.5 Å². The standard InChI is InChI=1S/C14H16O2/c15-14(16)13(11-7-3-1-4-8-11)12-9-5-2-6-10-12/h1,3-5,7-9,12-13H,2,6,10H2,(H,15,16)/t12-,13-/m1/s1. The second-order valence-corrected chi connectivity index (χ2v) is 4.25. The van der Waals surface area contributed by atoms with Crippen molar-refractivity contribution in [2.75, 3.05) is 0 Å². The van der Waals surface area contributed by atoms with E-state index in [1.54, 1.807) is 0 Å². The molecular formula is C14H16O2. The zero-order valence-electron chi connectivity index (χ0n) is 9.17. The lowest BCUT2D eigenvalue weighted by atomic mass is 9.80. The van der Waals surface area contributed by atoms with Crippen LogP contribution in [0.4, 0.5) is 0 Å². The molecule has 1 aliphatic rings. The Bertz CT molecular complexity index is 381. The van der Waals surface area contributed by atoms with E-state index in [1.165, 1.54) is 0 Å². The molecule has 1 aromatic carbocycles. The number of rotatable bonds is 3. The minimum atomic E-state index is -0.720. The monoisotopic (exact) mass is 216 g/mol. The van der Waals surface area contributed by atoms with Crippen molar-refractivity contribution in [2.24, 2.45) is 5.92 Å². The molecule has 0 aliphatic heterocycles. The summed E-state index contributed by atoms with van der Waals surface area (Å²) in [6.45, 7) is 0. The van der Waals surface area contributed by atoms with Crippen molar-refractivity contribution in [2.45, 2.75) is 25.2 Å². The highest BCUT2D eigenvalue weighted by Crippen LogP contribution is 2.32. The largest absolute Gasteiger partial charge is 0.481 e. The van der Waals surface area contributed by atoms with Gasteiger partial charge in [0.1, 0.15) is 0 Å². The summed E-state index contributed by atoms with van der Waals surface area (Å²) in [6, 6.07) is 9.53. The summed E-state index contributed by atoms with van der Waals surface area (Å²) in [5.74, 6) is -0.964. The Morgan fingerprint density at radius 2 is 2.06 bits per heavy atom. The molecule has 0 saturated heterocycles. The second kappa shape index (κ2) is 4.97. The molecule has 2 nitrogen and oxygen atoms in total. The van der Waals surface area contributed by atoms with E-state index in [4.69, 9.17) is 0 Å². The lowest BCUT2D eigenvalue weighted by molar-refractivity contribution is -0.139. The first-order chi connectivity index (χ1) is 7.79. The van der Waals surface area contributed by atoms with Gasteiger partial charge in [-0.3, -0.25) is 4.79 Å². The van der Waals surface area contributed by atoms with Crippen LogP contribution < -0.4 is 0 Å². The van der Waals surface area contributed by atoms with Crippen LogP contribution >= 0.6 is 0 Å². The fourth-order valence-electron chi connectivity index (χ4n) is 2.35. The van der Waals surface area contributed by atoms with Crippen LogP contribution in [-0.4, -0.2) is 11.1 Å². The van der Waals surface area contributed by atoms with Crippen molar-refractivity contribution >= 4 is 5.97 Å². The molecule has 0 bridgehead atoms. The first-order valence-electron chi connectivity index (χ1n) is 5.73. The predicted octanol–water partition coefficient (Wildman–Crippen LogP) is 3.21. The molecule has 1 aromatic rings. The van der Waals surface area contributed by atoms with Crippen LogP contribution in [0.5, 0.6) is 0 Å². The highest BCUT2D eigenvalue weighted by atomic mass is 16.4. The zero-order valence-corrected chi connectivity index (χ0v) is 9.17. The van der Waals surface area contributed by atoms with Gasteiger partial charge >= 0.3 is 5.97 Å². The summed E-state index contributed by atoms with van der Waals surface area (Å²) in [5, 5.41) is 9.35. The Hall–Kier alpha value is -1.57. The fraction of sp³-hybridized carbons (Fsp3) is 0.357. The Balaban J connectivity index is 2.27. The average Bonchev–Trinajstić information content (AvgIpc) is 2.31. The maximum absolute atomic E-state index is 11.4. The molecule has 2 rings (SSSR count). The number of carboxylic acids is 1. The molecule has 0 aromatic heterocycles. The van der Waals surface area contributed by atoms with Gasteiger partial charge in [0.15, 0.2) is 0 Å². The molecule has 0 amide bonds. The van der Waals surface area contributed by atoms with Crippen LogP contribution in [0.25, 0.3) is 0 Å². The van der Waals surface area contributed by atoms with Crippen LogP contribution in [0.3, 0.4) is 0 Å². The number of hydrogen-bond donors (Lipinski definition) is 1. The summed E-state index contributed by atoms with van der Waals surface area (Å²) < 4.78 is 0. The maximum Gasteiger partial charge on any atom is 0.311 e. The van der Waals surface area contributed by atoms with Crippen LogP contribution in [0, 0.1) is 5.92 Å². The Labute approximate surface area is 95.6 Å². The van der Waals surface area contributed by atoms with Crippen molar-refractivity contribution in [3.8, 4) is 0 Å². The van der Waals surface area contributed by atoms with E-state index in [-0.39, 0.29) is 5.92 Å². The number of carbonyl (C=O) groups is 1. The fourth-order valence-corrected chi connectivity index (χ4v) is 2.35. The third kappa shape index (κ3) is 2.32. The molecule has 2 atom stereocenters. The van der Waals surface area contributed by atoms with Gasteiger partial charge in [-0.05, 0) is 30.7 Å². The summed E-state index contributed by atoms with van der Waals surface area (Å²) in [6.07, 6.45) is 7.32. The van der Waals surface area contributed by atoms with E-state index in [9.17, 15) is 9.90 Å². The van der Waals surface area contributed by atoms with E-state index >= 15 is 0 Å². The lowest BCUT2D eigenvalue weighted by Crippen LogP contribution is -2.21. The topological polar surface area (TPSA) is 37.3 Å². The van der Waals surface area contributed by atoms with E-state index in [0.29, 0.717) is 0 Å². The highest BCUT2D eigenvalue weighted by Gasteiger charge is 2.28. The number of allylic oxidation sites excluding steroid dienone is 2. The Morgan fingerprint density at radius 1 is 1.31 bits per heavy atom. The molecule has 0 heterocycles. The van der Waals surface area contributed by atoms with E-state index in [2.05, 4.69) is 12.2 Å². The van der Waals surface area contributed by atoms with Gasteiger partial charge in [-0.1, -0.05) is 42.5 Å². The molecule has 0 unspecified atom stereocenters. The molecule has 0 fully saturated rings. The van der Waals surface area contributed by atoms with Crippen molar-refractivity contribution < 1.29 is 9.90 Å². The minimum absolute atomic E-state index is 0.147. The average molecular weight is 216 g/mol. The molecule has 0 radical (unpaired) electrons. The van der Waals surface area contributed by atoms with Crippen molar-refractivity contribution in [3.05, 3.63) is 48.0 Å². The Kier molecular flexibility index (Phi) is 3.40. The van der Waals surface area contributed by atoms with Gasteiger partial charge in [0.25, 0.3) is 0 Å². The molecule has 0 spiro atoms. The SMILES string of the molecule is O=C(O)[C@H](c1ccccc1)[C@@H]1C=CCCC1. The molecule has 1 N–H and O–H groups in total. The van der Waals surface area contributed by atoms with E-state index < -0.39 is 11.9 Å². The number of benzene rings is 1. The Morgan fingerprint density at radius 3 is 2.62 bits per heavy atom. The summed E-state index contributed by atoms with van der Waals surface area (Å²) in [5.41, 5.74) is 0.909. The third-order valence-corrected chi connectivity index (χ3v) is 3.14. The van der Waals surface area contributed by atoms with Gasteiger partial charge in [0.05, 0.1) is 5.92 Å². The zero-order chi connectivity index (χ0) is 11.4. The first-order valence-corrected chi connectivity index (χ1v) is 5.73. The van der Waals surface area contributed by atoms with Gasteiger partial charge in [-0.15, -0.1) is 0 Å². The molecular weight excluding hydrogens is 200 g/mol. The lowest BCUT2D eigenvalue weighted by Gasteiger charge is -2.23. The first kappa shape index (κ1) is 10.9. The second-order valence-electron chi connectivity index (χ2n) is 4.25.